The minimum Gasteiger partial charge on any atom is -0.456 e. The molecule has 2 nitrogen and oxygen atoms in total. The molecule has 0 spiro atoms. The maximum Gasteiger partial charge on any atom is 0.136 e. The quantitative estimate of drug-likeness (QED) is 0.162. The number of benzene rings is 9. The molecule has 0 aliphatic heterocycles. The molecule has 0 radical (unpaired) electrons. The first-order valence-corrected chi connectivity index (χ1v) is 20.1. The molecule has 0 saturated carbocycles. The number of hydrogen-bond donors (Lipinski definition) is 0. The lowest BCUT2D eigenvalue weighted by Crippen LogP contribution is -2.16. The molecule has 0 aliphatic carbocycles. The van der Waals surface area contributed by atoms with Gasteiger partial charge in [-0.15, -0.1) is 0 Å². The van der Waals surface area contributed by atoms with E-state index in [1.165, 1.54) is 44.2 Å². The number of fused-ring (bicyclic) bond motifs is 4. The number of rotatable bonds is 7. The van der Waals surface area contributed by atoms with Gasteiger partial charge in [-0.3, -0.25) is 0 Å². The van der Waals surface area contributed by atoms with Crippen LogP contribution in [0.15, 0.2) is 211 Å². The van der Waals surface area contributed by atoms with Crippen LogP contribution in [0, 0.1) is 0 Å². The smallest absolute Gasteiger partial charge is 0.136 e. The fraction of sp³-hybridized carbons (Fsp3) is 0.0714. The van der Waals surface area contributed by atoms with Crippen LogP contribution in [0.5, 0.6) is 0 Å². The largest absolute Gasteiger partial charge is 0.456 e. The summed E-state index contributed by atoms with van der Waals surface area (Å²) in [4.78, 5) is 2.49. The van der Waals surface area contributed by atoms with Gasteiger partial charge in [0.25, 0.3) is 0 Å². The summed E-state index contributed by atoms with van der Waals surface area (Å²) in [5.41, 5.74) is 15.6. The number of anilines is 3. The normalized spacial score (nSPS) is 11.7. The summed E-state index contributed by atoms with van der Waals surface area (Å²) in [5.74, 6) is 0. The molecule has 2 heteroatoms. The highest BCUT2D eigenvalue weighted by molar-refractivity contribution is 6.09. The zero-order valence-corrected chi connectivity index (χ0v) is 33.0. The van der Waals surface area contributed by atoms with E-state index in [1.54, 1.807) is 0 Å². The van der Waals surface area contributed by atoms with Crippen LogP contribution in [-0.2, 0) is 5.41 Å². The van der Waals surface area contributed by atoms with Crippen LogP contribution in [-0.4, -0.2) is 0 Å². The van der Waals surface area contributed by atoms with E-state index >= 15 is 0 Å². The van der Waals surface area contributed by atoms with E-state index in [4.69, 9.17) is 4.42 Å². The van der Waals surface area contributed by atoms with Gasteiger partial charge in [-0.2, -0.15) is 0 Å². The molecule has 0 saturated heterocycles. The molecule has 1 aromatic heterocycles. The van der Waals surface area contributed by atoms with E-state index in [-0.39, 0.29) is 5.41 Å². The summed E-state index contributed by atoms with van der Waals surface area (Å²) in [5, 5.41) is 4.71. The van der Waals surface area contributed by atoms with Crippen molar-refractivity contribution in [1.29, 1.82) is 0 Å². The Balaban J connectivity index is 1.24. The highest BCUT2D eigenvalue weighted by Crippen LogP contribution is 2.48. The predicted octanol–water partition coefficient (Wildman–Crippen LogP) is 16.2. The zero-order valence-electron chi connectivity index (χ0n) is 33.0. The first kappa shape index (κ1) is 35.3. The van der Waals surface area contributed by atoms with Gasteiger partial charge in [-0.1, -0.05) is 185 Å². The molecule has 1 heterocycles. The van der Waals surface area contributed by atoms with Crippen molar-refractivity contribution in [2.24, 2.45) is 0 Å². The average Bonchev–Trinajstić information content (AvgIpc) is 3.65. The fourth-order valence-corrected chi connectivity index (χ4v) is 8.50. The molecule has 10 rings (SSSR count). The highest BCUT2D eigenvalue weighted by atomic mass is 16.3. The van der Waals surface area contributed by atoms with Crippen LogP contribution >= 0.6 is 0 Å². The molecule has 0 bridgehead atoms. The second-order valence-electron chi connectivity index (χ2n) is 16.1. The lowest BCUT2D eigenvalue weighted by molar-refractivity contribution is 0.590. The third kappa shape index (κ3) is 6.33. The van der Waals surface area contributed by atoms with Crippen molar-refractivity contribution in [3.8, 4) is 44.5 Å². The minimum absolute atomic E-state index is 0.0702. The van der Waals surface area contributed by atoms with Crippen LogP contribution < -0.4 is 4.90 Å². The standard InChI is InChI=1S/C56H43NO/c1-56(2,3)43-32-34-45(38-17-6-4-7-18-38)52(37-43)57(44-24-14-23-41(35-44)42-31-33-49-48-26-11-13-30-53(48)58-54(49)36-42)51-29-12-10-25-47(51)50-28-16-22-40-21-15-27-46(55(40)50)39-19-8-5-9-20-39/h4-37H,1-3H3. The Hall–Kier alpha value is -7.16. The van der Waals surface area contributed by atoms with Gasteiger partial charge >= 0.3 is 0 Å². The molecule has 0 amide bonds. The van der Waals surface area contributed by atoms with E-state index in [1.807, 2.05) is 12.1 Å². The second-order valence-corrected chi connectivity index (χ2v) is 16.1. The van der Waals surface area contributed by atoms with E-state index in [9.17, 15) is 0 Å². The van der Waals surface area contributed by atoms with Crippen molar-refractivity contribution in [2.75, 3.05) is 4.90 Å². The molecule has 9 aromatic carbocycles. The monoisotopic (exact) mass is 745 g/mol. The van der Waals surface area contributed by atoms with Gasteiger partial charge < -0.3 is 9.32 Å². The molecule has 0 N–H and O–H groups in total. The lowest BCUT2D eigenvalue weighted by atomic mass is 9.85. The minimum atomic E-state index is -0.0702. The number of hydrogen-bond acceptors (Lipinski definition) is 2. The predicted molar refractivity (Wildman–Crippen MR) is 246 cm³/mol. The van der Waals surface area contributed by atoms with Crippen LogP contribution in [0.1, 0.15) is 26.3 Å². The Morgan fingerprint density at radius 1 is 0.379 bits per heavy atom. The Kier molecular flexibility index (Phi) is 8.76. The molecule has 0 aliphatic rings. The van der Waals surface area contributed by atoms with Crippen LogP contribution in [0.3, 0.4) is 0 Å². The molecular formula is C56H43NO. The van der Waals surface area contributed by atoms with Crippen LogP contribution in [0.4, 0.5) is 17.1 Å². The third-order valence-electron chi connectivity index (χ3n) is 11.4. The molecule has 0 unspecified atom stereocenters. The average molecular weight is 746 g/mol. The van der Waals surface area contributed by atoms with Gasteiger partial charge in [-0.25, -0.2) is 0 Å². The van der Waals surface area contributed by atoms with Crippen molar-refractivity contribution in [2.45, 2.75) is 26.2 Å². The van der Waals surface area contributed by atoms with Crippen LogP contribution in [0.2, 0.25) is 0 Å². The summed E-state index contributed by atoms with van der Waals surface area (Å²) in [6.45, 7) is 6.88. The van der Waals surface area contributed by atoms with E-state index in [2.05, 4.69) is 220 Å². The summed E-state index contributed by atoms with van der Waals surface area (Å²) in [6.07, 6.45) is 0. The Morgan fingerprint density at radius 2 is 0.983 bits per heavy atom. The van der Waals surface area contributed by atoms with Gasteiger partial charge in [0.05, 0.1) is 11.4 Å². The highest BCUT2D eigenvalue weighted by Gasteiger charge is 2.25. The number of para-hydroxylation sites is 2. The van der Waals surface area contributed by atoms with E-state index < -0.39 is 0 Å². The maximum atomic E-state index is 6.37. The van der Waals surface area contributed by atoms with Crippen molar-refractivity contribution >= 4 is 49.8 Å². The van der Waals surface area contributed by atoms with Gasteiger partial charge in [0.1, 0.15) is 11.2 Å². The lowest BCUT2D eigenvalue weighted by Gasteiger charge is -2.32. The first-order chi connectivity index (χ1) is 28.4. The van der Waals surface area contributed by atoms with Crippen molar-refractivity contribution in [3.63, 3.8) is 0 Å². The summed E-state index contributed by atoms with van der Waals surface area (Å²) in [7, 11) is 0. The summed E-state index contributed by atoms with van der Waals surface area (Å²) >= 11 is 0. The van der Waals surface area contributed by atoms with Gasteiger partial charge in [0, 0.05) is 27.6 Å². The SMILES string of the molecule is CC(C)(C)c1ccc(-c2ccccc2)c(N(c2cccc(-c3ccc4c(c3)oc3ccccc34)c2)c2ccccc2-c2cccc3cccc(-c4ccccc4)c23)c1. The fourth-order valence-electron chi connectivity index (χ4n) is 8.50. The molecule has 0 fully saturated rings. The van der Waals surface area contributed by atoms with Crippen LogP contribution in [0.25, 0.3) is 77.2 Å². The Morgan fingerprint density at radius 3 is 1.76 bits per heavy atom. The maximum absolute atomic E-state index is 6.37. The molecule has 0 atom stereocenters. The molecule has 58 heavy (non-hydrogen) atoms. The zero-order chi connectivity index (χ0) is 39.2. The van der Waals surface area contributed by atoms with Gasteiger partial charge in [0.15, 0.2) is 0 Å². The molecular weight excluding hydrogens is 703 g/mol. The second kappa shape index (κ2) is 14.4. The summed E-state index contributed by atoms with van der Waals surface area (Å²) in [6, 6.07) is 74.7. The number of nitrogens with zero attached hydrogens (tertiary/aromatic N) is 1. The molecule has 10 aromatic rings. The van der Waals surface area contributed by atoms with E-state index in [0.717, 1.165) is 55.7 Å². The van der Waals surface area contributed by atoms with E-state index in [0.29, 0.717) is 0 Å². The third-order valence-corrected chi connectivity index (χ3v) is 11.4. The molecule has 278 valence electrons. The Labute approximate surface area is 340 Å². The topological polar surface area (TPSA) is 16.4 Å². The van der Waals surface area contributed by atoms with Gasteiger partial charge in [0.2, 0.25) is 0 Å². The summed E-state index contributed by atoms with van der Waals surface area (Å²) < 4.78 is 6.37. The number of furan rings is 1. The van der Waals surface area contributed by atoms with Crippen molar-refractivity contribution in [3.05, 3.63) is 212 Å². The van der Waals surface area contributed by atoms with Crippen molar-refractivity contribution < 1.29 is 4.42 Å². The first-order valence-electron chi connectivity index (χ1n) is 20.1. The van der Waals surface area contributed by atoms with Crippen molar-refractivity contribution in [1.82, 2.24) is 0 Å². The Bertz CT molecular complexity index is 3090. The van der Waals surface area contributed by atoms with Gasteiger partial charge in [-0.05, 0) is 97.6 Å².